The zero-order valence-corrected chi connectivity index (χ0v) is 15.5. The van der Waals surface area contributed by atoms with Crippen LogP contribution in [0.15, 0.2) is 36.4 Å². The van der Waals surface area contributed by atoms with Gasteiger partial charge in [-0.15, -0.1) is 0 Å². The minimum atomic E-state index is -4.59. The number of carbonyl (C=O) groups is 1. The number of para-hydroxylation sites is 1. The van der Waals surface area contributed by atoms with E-state index in [0.717, 1.165) is 4.90 Å². The Morgan fingerprint density at radius 3 is 2.18 bits per heavy atom. The third-order valence-corrected chi connectivity index (χ3v) is 4.40. The number of benzene rings is 2. The fourth-order valence-electron chi connectivity index (χ4n) is 3.18. The molecule has 2 aromatic rings. The normalized spacial score (nSPS) is 16.3. The molecule has 1 aliphatic heterocycles. The Labute approximate surface area is 159 Å². The molecule has 1 heterocycles. The van der Waals surface area contributed by atoms with Crippen molar-refractivity contribution in [3.05, 3.63) is 47.5 Å². The minimum Gasteiger partial charge on any atom is -0.496 e. The molecule has 0 saturated heterocycles. The van der Waals surface area contributed by atoms with E-state index in [1.54, 1.807) is 18.2 Å². The van der Waals surface area contributed by atoms with Gasteiger partial charge in [-0.2, -0.15) is 13.2 Å². The molecule has 0 aromatic heterocycles. The van der Waals surface area contributed by atoms with Gasteiger partial charge in [0.2, 0.25) is 0 Å². The van der Waals surface area contributed by atoms with Crippen molar-refractivity contribution in [1.29, 1.82) is 0 Å². The van der Waals surface area contributed by atoms with Gasteiger partial charge < -0.3 is 24.4 Å². The molecule has 0 unspecified atom stereocenters. The van der Waals surface area contributed by atoms with Crippen LogP contribution >= 0.6 is 0 Å². The Balaban J connectivity index is 2.19. The molecule has 0 bridgehead atoms. The van der Waals surface area contributed by atoms with Crippen molar-refractivity contribution in [2.45, 2.75) is 12.3 Å². The lowest BCUT2D eigenvalue weighted by atomic mass is 10.0. The minimum absolute atomic E-state index is 0.162. The molecule has 0 spiro atoms. The van der Waals surface area contributed by atoms with Crippen molar-refractivity contribution in [2.75, 3.05) is 33.2 Å². The average Bonchev–Trinajstić information content (AvgIpc) is 2.68. The summed E-state index contributed by atoms with van der Waals surface area (Å²) in [5.74, 6) is 0.125. The van der Waals surface area contributed by atoms with E-state index in [4.69, 9.17) is 14.2 Å². The summed E-state index contributed by atoms with van der Waals surface area (Å²) in [6.07, 6.45) is -5.74. The smallest absolute Gasteiger partial charge is 0.406 e. The lowest BCUT2D eigenvalue weighted by Crippen LogP contribution is -2.47. The first kappa shape index (κ1) is 19.7. The average molecular weight is 396 g/mol. The van der Waals surface area contributed by atoms with Gasteiger partial charge in [0.05, 0.1) is 32.5 Å². The summed E-state index contributed by atoms with van der Waals surface area (Å²) in [4.78, 5) is 13.6. The lowest BCUT2D eigenvalue weighted by Gasteiger charge is -2.39. The second-order valence-corrected chi connectivity index (χ2v) is 6.09. The maximum atomic E-state index is 13.3. The number of amides is 1. The number of halogens is 3. The molecule has 2 aromatic carbocycles. The highest BCUT2D eigenvalue weighted by Gasteiger charge is 2.42. The molecule has 1 aliphatic rings. The van der Waals surface area contributed by atoms with Gasteiger partial charge >= 0.3 is 6.18 Å². The largest absolute Gasteiger partial charge is 0.496 e. The fraction of sp³-hybridized carbons (Fsp3) is 0.316. The topological polar surface area (TPSA) is 60.0 Å². The highest BCUT2D eigenvalue weighted by molar-refractivity contribution is 6.01. The molecule has 3 rings (SSSR count). The zero-order chi connectivity index (χ0) is 20.5. The summed E-state index contributed by atoms with van der Waals surface area (Å²) < 4.78 is 55.7. The highest BCUT2D eigenvalue weighted by atomic mass is 19.4. The van der Waals surface area contributed by atoms with Gasteiger partial charge in [0.25, 0.3) is 5.91 Å². The first-order valence-electron chi connectivity index (χ1n) is 8.32. The van der Waals surface area contributed by atoms with Crippen molar-refractivity contribution in [3.63, 3.8) is 0 Å². The highest BCUT2D eigenvalue weighted by Crippen LogP contribution is 2.44. The maximum absolute atomic E-state index is 13.3. The number of hydrogen-bond donors (Lipinski definition) is 1. The van der Waals surface area contributed by atoms with Crippen LogP contribution in [0, 0.1) is 0 Å². The fourth-order valence-corrected chi connectivity index (χ4v) is 3.18. The maximum Gasteiger partial charge on any atom is 0.406 e. The molecule has 1 N–H and O–H groups in total. The van der Waals surface area contributed by atoms with E-state index in [9.17, 15) is 18.0 Å². The first-order chi connectivity index (χ1) is 13.3. The number of methoxy groups -OCH3 is 3. The molecular weight excluding hydrogens is 377 g/mol. The number of ether oxygens (including phenoxy) is 3. The third-order valence-electron chi connectivity index (χ3n) is 4.40. The van der Waals surface area contributed by atoms with E-state index in [0.29, 0.717) is 11.4 Å². The number of alkyl halides is 3. The van der Waals surface area contributed by atoms with Gasteiger partial charge in [-0.25, -0.2) is 0 Å². The second kappa shape index (κ2) is 7.49. The van der Waals surface area contributed by atoms with E-state index < -0.39 is 24.8 Å². The molecule has 28 heavy (non-hydrogen) atoms. The number of nitrogens with zero attached hydrogens (tertiary/aromatic N) is 1. The van der Waals surface area contributed by atoms with Gasteiger partial charge in [-0.1, -0.05) is 12.1 Å². The second-order valence-electron chi connectivity index (χ2n) is 6.09. The number of nitrogens with one attached hydrogen (secondary N) is 1. The molecule has 150 valence electrons. The number of carbonyl (C=O) groups excluding carboxylic acids is 1. The summed E-state index contributed by atoms with van der Waals surface area (Å²) in [5, 5.41) is 3.01. The summed E-state index contributed by atoms with van der Waals surface area (Å²) in [7, 11) is 4.21. The van der Waals surface area contributed by atoms with E-state index >= 15 is 0 Å². The molecule has 0 saturated carbocycles. The predicted octanol–water partition coefficient (Wildman–Crippen LogP) is 3.84. The molecule has 6 nitrogen and oxygen atoms in total. The quantitative estimate of drug-likeness (QED) is 0.832. The number of rotatable bonds is 5. The van der Waals surface area contributed by atoms with E-state index in [-0.39, 0.29) is 22.6 Å². The summed E-state index contributed by atoms with van der Waals surface area (Å²) in [6, 6.07) is 9.45. The predicted molar refractivity (Wildman–Crippen MR) is 96.0 cm³/mol. The Morgan fingerprint density at radius 1 is 1.04 bits per heavy atom. The van der Waals surface area contributed by atoms with Crippen molar-refractivity contribution in [3.8, 4) is 17.2 Å². The SMILES string of the molecule is COc1cc(OC)c([C@H]2Nc3ccccc3C(=O)N2CC(F)(F)F)c(OC)c1. The van der Waals surface area contributed by atoms with Crippen molar-refractivity contribution >= 4 is 11.6 Å². The Kier molecular flexibility index (Phi) is 5.26. The number of fused-ring (bicyclic) bond motifs is 1. The molecule has 1 amide bonds. The summed E-state index contributed by atoms with van der Waals surface area (Å²) >= 11 is 0. The number of anilines is 1. The summed E-state index contributed by atoms with van der Waals surface area (Å²) in [6.45, 7) is -1.43. The third kappa shape index (κ3) is 3.64. The van der Waals surface area contributed by atoms with Crippen molar-refractivity contribution in [1.82, 2.24) is 4.90 Å². The molecular formula is C19H19F3N2O4. The van der Waals surface area contributed by atoms with Crippen LogP contribution in [0.3, 0.4) is 0 Å². The molecule has 0 aliphatic carbocycles. The lowest BCUT2D eigenvalue weighted by molar-refractivity contribution is -0.144. The van der Waals surface area contributed by atoms with Crippen LogP contribution in [0.2, 0.25) is 0 Å². The van der Waals surface area contributed by atoms with Crippen LogP contribution in [-0.4, -0.2) is 44.9 Å². The first-order valence-corrected chi connectivity index (χ1v) is 8.32. The molecule has 0 radical (unpaired) electrons. The van der Waals surface area contributed by atoms with Gasteiger partial charge in [0.15, 0.2) is 0 Å². The van der Waals surface area contributed by atoms with Crippen molar-refractivity contribution < 1.29 is 32.2 Å². The van der Waals surface area contributed by atoms with Gasteiger partial charge in [-0.05, 0) is 12.1 Å². The summed E-state index contributed by atoms with van der Waals surface area (Å²) in [5.41, 5.74) is 0.850. The monoisotopic (exact) mass is 396 g/mol. The van der Waals surface area contributed by atoms with Crippen LogP contribution in [-0.2, 0) is 0 Å². The number of hydrogen-bond acceptors (Lipinski definition) is 5. The van der Waals surface area contributed by atoms with Gasteiger partial charge in [0, 0.05) is 17.8 Å². The van der Waals surface area contributed by atoms with Crippen molar-refractivity contribution in [2.24, 2.45) is 0 Å². The molecule has 1 atom stereocenters. The van der Waals surface area contributed by atoms with Crippen LogP contribution in [0.25, 0.3) is 0 Å². The van der Waals surface area contributed by atoms with E-state index in [1.165, 1.54) is 39.5 Å². The standard InChI is InChI=1S/C19H19F3N2O4/c1-26-11-8-14(27-2)16(15(9-11)28-3)17-23-13-7-5-4-6-12(13)18(25)24(17)10-19(20,21)22/h4-9,17,23H,10H2,1-3H3/t17-/m0/s1. The van der Waals surface area contributed by atoms with E-state index in [1.807, 2.05) is 0 Å². The Bertz CT molecular complexity index is 861. The Hall–Kier alpha value is -3.10. The molecule has 9 heteroatoms. The van der Waals surface area contributed by atoms with Crippen LogP contribution in [0.4, 0.5) is 18.9 Å². The van der Waals surface area contributed by atoms with Crippen LogP contribution in [0.5, 0.6) is 17.2 Å². The van der Waals surface area contributed by atoms with Gasteiger partial charge in [0.1, 0.15) is 30.0 Å². The van der Waals surface area contributed by atoms with Crippen LogP contribution < -0.4 is 19.5 Å². The van der Waals surface area contributed by atoms with Gasteiger partial charge in [-0.3, -0.25) is 4.79 Å². The van der Waals surface area contributed by atoms with Crippen LogP contribution in [0.1, 0.15) is 22.1 Å². The Morgan fingerprint density at radius 2 is 1.64 bits per heavy atom. The van der Waals surface area contributed by atoms with E-state index in [2.05, 4.69) is 5.32 Å². The zero-order valence-electron chi connectivity index (χ0n) is 15.5. The molecule has 0 fully saturated rings.